The van der Waals surface area contributed by atoms with E-state index in [1.54, 1.807) is 7.05 Å². The Morgan fingerprint density at radius 1 is 1.25 bits per heavy atom. The predicted molar refractivity (Wildman–Crippen MR) is 44.7 cm³/mol. The molecular formula is C6H14N4O2. The molecule has 0 bridgehead atoms. The molecule has 0 radical (unpaired) electrons. The molecule has 0 saturated carbocycles. The van der Waals surface area contributed by atoms with Gasteiger partial charge in [-0.05, 0) is 0 Å². The first-order valence-corrected chi connectivity index (χ1v) is 3.50. The highest BCUT2D eigenvalue weighted by molar-refractivity contribution is 5.76. The van der Waals surface area contributed by atoms with E-state index in [0.717, 1.165) is 0 Å². The number of carbonyl (C=O) groups is 2. The molecule has 0 saturated heterocycles. The van der Waals surface area contributed by atoms with Gasteiger partial charge in [0.1, 0.15) is 0 Å². The quantitative estimate of drug-likeness (QED) is 0.477. The fourth-order valence-electron chi connectivity index (χ4n) is 0.541. The van der Waals surface area contributed by atoms with Gasteiger partial charge in [-0.1, -0.05) is 0 Å². The molecule has 6 heteroatoms. The van der Waals surface area contributed by atoms with E-state index in [0.29, 0.717) is 0 Å². The molecule has 0 rings (SSSR count). The predicted octanol–water partition coefficient (Wildman–Crippen LogP) is -0.856. The van der Waals surface area contributed by atoms with Gasteiger partial charge in [0.15, 0.2) is 0 Å². The van der Waals surface area contributed by atoms with Crippen LogP contribution < -0.4 is 16.0 Å². The number of amides is 4. The van der Waals surface area contributed by atoms with Crippen LogP contribution in [0, 0.1) is 0 Å². The van der Waals surface area contributed by atoms with Crippen molar-refractivity contribution in [3.63, 3.8) is 0 Å². The second-order valence-corrected chi connectivity index (χ2v) is 2.17. The van der Waals surface area contributed by atoms with Gasteiger partial charge in [0.05, 0.1) is 6.67 Å². The Bertz CT molecular complexity index is 171. The summed E-state index contributed by atoms with van der Waals surface area (Å²) in [6.45, 7) is 0.180. The summed E-state index contributed by atoms with van der Waals surface area (Å²) in [4.78, 5) is 22.8. The lowest BCUT2D eigenvalue weighted by atomic mass is 10.7. The van der Waals surface area contributed by atoms with Crippen LogP contribution in [0.4, 0.5) is 9.59 Å². The molecule has 0 heterocycles. The summed E-state index contributed by atoms with van der Waals surface area (Å²) in [5.41, 5.74) is 0. The monoisotopic (exact) mass is 174 g/mol. The van der Waals surface area contributed by atoms with Crippen molar-refractivity contribution in [2.24, 2.45) is 0 Å². The average molecular weight is 174 g/mol. The summed E-state index contributed by atoms with van der Waals surface area (Å²) in [7, 11) is 4.61. The third kappa shape index (κ3) is 3.65. The van der Waals surface area contributed by atoms with Crippen LogP contribution in [0.25, 0.3) is 0 Å². The highest BCUT2D eigenvalue weighted by atomic mass is 16.2. The molecule has 6 nitrogen and oxygen atoms in total. The molecule has 0 aliphatic rings. The van der Waals surface area contributed by atoms with Gasteiger partial charge in [-0.3, -0.25) is 0 Å². The molecule has 0 atom stereocenters. The minimum Gasteiger partial charge on any atom is -0.341 e. The van der Waals surface area contributed by atoms with Crippen LogP contribution in [-0.4, -0.2) is 44.8 Å². The topological polar surface area (TPSA) is 73.5 Å². The lowest BCUT2D eigenvalue weighted by Gasteiger charge is -2.16. The second-order valence-electron chi connectivity index (χ2n) is 2.17. The number of carbonyl (C=O) groups excluding carboxylic acids is 2. The number of hydrogen-bond donors (Lipinski definition) is 3. The van der Waals surface area contributed by atoms with Crippen molar-refractivity contribution in [1.82, 2.24) is 20.9 Å². The van der Waals surface area contributed by atoms with Crippen molar-refractivity contribution in [3.8, 4) is 0 Å². The molecule has 0 aromatic rings. The molecule has 0 aliphatic carbocycles. The first-order chi connectivity index (χ1) is 5.61. The zero-order valence-electron chi connectivity index (χ0n) is 7.47. The van der Waals surface area contributed by atoms with E-state index in [1.807, 2.05) is 0 Å². The Hall–Kier alpha value is -1.46. The van der Waals surface area contributed by atoms with Crippen molar-refractivity contribution in [2.75, 3.05) is 27.8 Å². The van der Waals surface area contributed by atoms with Gasteiger partial charge in [0.2, 0.25) is 0 Å². The van der Waals surface area contributed by atoms with E-state index in [1.165, 1.54) is 19.0 Å². The molecule has 3 N–H and O–H groups in total. The Kier molecular flexibility index (Phi) is 4.59. The maximum Gasteiger partial charge on any atom is 0.318 e. The Labute approximate surface area is 71.3 Å². The van der Waals surface area contributed by atoms with Gasteiger partial charge in [-0.25, -0.2) is 9.59 Å². The Morgan fingerprint density at radius 2 is 1.83 bits per heavy atom. The zero-order chi connectivity index (χ0) is 9.56. The van der Waals surface area contributed by atoms with Crippen molar-refractivity contribution < 1.29 is 9.59 Å². The van der Waals surface area contributed by atoms with Crippen LogP contribution in [0.3, 0.4) is 0 Å². The number of nitrogens with zero attached hydrogens (tertiary/aromatic N) is 1. The molecule has 0 unspecified atom stereocenters. The molecule has 12 heavy (non-hydrogen) atoms. The smallest absolute Gasteiger partial charge is 0.318 e. The van der Waals surface area contributed by atoms with Crippen LogP contribution in [0.2, 0.25) is 0 Å². The molecule has 0 fully saturated rings. The lowest BCUT2D eigenvalue weighted by molar-refractivity contribution is 0.205. The summed E-state index contributed by atoms with van der Waals surface area (Å²) in [5, 5.41) is 7.25. The van der Waals surface area contributed by atoms with E-state index in [4.69, 9.17) is 0 Å². The highest BCUT2D eigenvalue weighted by Crippen LogP contribution is 1.78. The molecule has 0 aromatic heterocycles. The normalized spacial score (nSPS) is 8.58. The number of nitrogens with one attached hydrogen (secondary N) is 3. The van der Waals surface area contributed by atoms with Gasteiger partial charge in [0.25, 0.3) is 0 Å². The maximum absolute atomic E-state index is 10.9. The summed E-state index contributed by atoms with van der Waals surface area (Å²) in [6, 6.07) is -0.558. The van der Waals surface area contributed by atoms with Gasteiger partial charge in [-0.2, -0.15) is 0 Å². The zero-order valence-corrected chi connectivity index (χ0v) is 7.47. The van der Waals surface area contributed by atoms with Crippen LogP contribution in [-0.2, 0) is 0 Å². The van der Waals surface area contributed by atoms with Gasteiger partial charge >= 0.3 is 12.1 Å². The average Bonchev–Trinajstić information content (AvgIpc) is 2.11. The lowest BCUT2D eigenvalue weighted by Crippen LogP contribution is -2.45. The van der Waals surface area contributed by atoms with Gasteiger partial charge < -0.3 is 20.9 Å². The molecule has 0 aliphatic heterocycles. The van der Waals surface area contributed by atoms with Crippen LogP contribution in [0.5, 0.6) is 0 Å². The largest absolute Gasteiger partial charge is 0.341 e. The third-order valence-electron chi connectivity index (χ3n) is 1.26. The van der Waals surface area contributed by atoms with Crippen molar-refractivity contribution in [2.45, 2.75) is 0 Å². The molecule has 0 spiro atoms. The maximum atomic E-state index is 10.9. The summed E-state index contributed by atoms with van der Waals surface area (Å²) < 4.78 is 0. The number of rotatable bonds is 2. The second kappa shape index (κ2) is 5.22. The van der Waals surface area contributed by atoms with Gasteiger partial charge in [-0.15, -0.1) is 0 Å². The Morgan fingerprint density at radius 3 is 2.25 bits per heavy atom. The Balaban J connectivity index is 3.63. The molecule has 4 amide bonds. The molecule has 0 aromatic carbocycles. The standard InChI is InChI=1S/C6H14N4O2/c1-7-5(11)9-4-10(3)6(12)8-2/h4H2,1-3H3,(H,8,12)(H2,7,9,11). The highest BCUT2D eigenvalue weighted by Gasteiger charge is 2.05. The summed E-state index contributed by atoms with van der Waals surface area (Å²) >= 11 is 0. The molecule has 70 valence electrons. The van der Waals surface area contributed by atoms with Crippen molar-refractivity contribution in [1.29, 1.82) is 0 Å². The number of urea groups is 2. The molecular weight excluding hydrogens is 160 g/mol. The van der Waals surface area contributed by atoms with Crippen LogP contribution >= 0.6 is 0 Å². The van der Waals surface area contributed by atoms with Crippen molar-refractivity contribution in [3.05, 3.63) is 0 Å². The summed E-state index contributed by atoms with van der Waals surface area (Å²) in [5.74, 6) is 0. The van der Waals surface area contributed by atoms with E-state index in [-0.39, 0.29) is 18.7 Å². The first kappa shape index (κ1) is 10.5. The van der Waals surface area contributed by atoms with Crippen LogP contribution in [0.1, 0.15) is 0 Å². The van der Waals surface area contributed by atoms with E-state index in [2.05, 4.69) is 16.0 Å². The van der Waals surface area contributed by atoms with E-state index in [9.17, 15) is 9.59 Å². The fraction of sp³-hybridized carbons (Fsp3) is 0.667. The van der Waals surface area contributed by atoms with Crippen LogP contribution in [0.15, 0.2) is 0 Å². The van der Waals surface area contributed by atoms with Gasteiger partial charge in [0, 0.05) is 21.1 Å². The third-order valence-corrected chi connectivity index (χ3v) is 1.26. The minimum atomic E-state index is -0.314. The number of hydrogen-bond acceptors (Lipinski definition) is 2. The minimum absolute atomic E-state index is 0.180. The van der Waals surface area contributed by atoms with Crippen molar-refractivity contribution >= 4 is 12.1 Å². The van der Waals surface area contributed by atoms with E-state index >= 15 is 0 Å². The van der Waals surface area contributed by atoms with E-state index < -0.39 is 0 Å². The summed E-state index contributed by atoms with van der Waals surface area (Å²) in [6.07, 6.45) is 0. The fourth-order valence-corrected chi connectivity index (χ4v) is 0.541. The SMILES string of the molecule is CNC(=O)NCN(C)C(=O)NC. The first-order valence-electron chi connectivity index (χ1n) is 3.50.